The van der Waals surface area contributed by atoms with Crippen molar-refractivity contribution in [3.63, 3.8) is 0 Å². The fourth-order valence-corrected chi connectivity index (χ4v) is 4.70. The molecule has 200 valence electrons. The first-order valence-corrected chi connectivity index (χ1v) is 13.2. The highest BCUT2D eigenvalue weighted by molar-refractivity contribution is 5.87. The van der Waals surface area contributed by atoms with Crippen LogP contribution in [0.5, 0.6) is 0 Å². The third-order valence-corrected chi connectivity index (χ3v) is 6.55. The minimum atomic E-state index is -0.553. The normalized spacial score (nSPS) is 18.1. The molecule has 3 aromatic carbocycles. The van der Waals surface area contributed by atoms with Gasteiger partial charge in [0, 0.05) is 18.5 Å². The molecule has 38 heavy (non-hydrogen) atoms. The quantitative estimate of drug-likeness (QED) is 0.258. The third kappa shape index (κ3) is 7.45. The van der Waals surface area contributed by atoms with Crippen molar-refractivity contribution in [2.75, 3.05) is 19.7 Å². The lowest BCUT2D eigenvalue weighted by Gasteiger charge is -2.39. The van der Waals surface area contributed by atoms with E-state index in [0.29, 0.717) is 26.3 Å². The molecule has 0 saturated carbocycles. The highest BCUT2D eigenvalue weighted by Gasteiger charge is 2.35. The second-order valence-electron chi connectivity index (χ2n) is 10.6. The Morgan fingerprint density at radius 3 is 2.45 bits per heavy atom. The number of carbonyl (C=O) groups is 2. The van der Waals surface area contributed by atoms with E-state index >= 15 is 0 Å². The van der Waals surface area contributed by atoms with Crippen LogP contribution in [0.3, 0.4) is 0 Å². The number of esters is 1. The van der Waals surface area contributed by atoms with Crippen LogP contribution in [0, 0.1) is 0 Å². The maximum Gasteiger partial charge on any atom is 0.410 e. The molecule has 1 heterocycles. The van der Waals surface area contributed by atoms with E-state index in [1.807, 2.05) is 45.0 Å². The summed E-state index contributed by atoms with van der Waals surface area (Å²) in [5.41, 5.74) is 2.60. The van der Waals surface area contributed by atoms with Crippen molar-refractivity contribution in [3.05, 3.63) is 89.5 Å². The van der Waals surface area contributed by atoms with Crippen LogP contribution in [0.4, 0.5) is 4.79 Å². The van der Waals surface area contributed by atoms with E-state index in [0.717, 1.165) is 23.1 Å². The zero-order chi connectivity index (χ0) is 27.1. The van der Waals surface area contributed by atoms with E-state index < -0.39 is 5.60 Å². The molecule has 1 aliphatic rings. The van der Waals surface area contributed by atoms with E-state index in [1.165, 1.54) is 16.8 Å². The first-order chi connectivity index (χ1) is 18.2. The number of benzene rings is 3. The molecule has 0 aromatic heterocycles. The molecule has 0 bridgehead atoms. The topological polar surface area (TPSA) is 65.1 Å². The highest BCUT2D eigenvalue weighted by Crippen LogP contribution is 2.32. The molecule has 0 radical (unpaired) electrons. The van der Waals surface area contributed by atoms with Crippen LogP contribution >= 0.6 is 0 Å². The zero-order valence-electron chi connectivity index (χ0n) is 22.7. The van der Waals surface area contributed by atoms with E-state index in [1.54, 1.807) is 17.9 Å². The fraction of sp³-hybridized carbons (Fsp3) is 0.375. The van der Waals surface area contributed by atoms with E-state index in [-0.39, 0.29) is 24.1 Å². The molecule has 0 N–H and O–H groups in total. The van der Waals surface area contributed by atoms with Gasteiger partial charge in [-0.3, -0.25) is 0 Å². The second-order valence-corrected chi connectivity index (χ2v) is 10.6. The largest absolute Gasteiger partial charge is 0.463 e. The van der Waals surface area contributed by atoms with Gasteiger partial charge in [0.25, 0.3) is 0 Å². The molecule has 3 aromatic rings. The predicted molar refractivity (Wildman–Crippen MR) is 150 cm³/mol. The lowest BCUT2D eigenvalue weighted by Crippen LogP contribution is -2.48. The summed E-state index contributed by atoms with van der Waals surface area (Å²) in [6.45, 7) is 9.28. The lowest BCUT2D eigenvalue weighted by molar-refractivity contribution is -0.137. The summed E-state index contributed by atoms with van der Waals surface area (Å²) in [4.78, 5) is 26.2. The van der Waals surface area contributed by atoms with Gasteiger partial charge in [-0.15, -0.1) is 0 Å². The number of piperidine rings is 1. The Bertz CT molecular complexity index is 1270. The maximum absolute atomic E-state index is 12.8. The monoisotopic (exact) mass is 515 g/mol. The lowest BCUT2D eigenvalue weighted by atomic mass is 9.86. The van der Waals surface area contributed by atoms with Gasteiger partial charge in [0.2, 0.25) is 0 Å². The summed E-state index contributed by atoms with van der Waals surface area (Å²) < 4.78 is 17.1. The van der Waals surface area contributed by atoms with Gasteiger partial charge in [0.05, 0.1) is 25.9 Å². The van der Waals surface area contributed by atoms with Gasteiger partial charge in [0.15, 0.2) is 0 Å². The number of hydrogen-bond donors (Lipinski definition) is 0. The summed E-state index contributed by atoms with van der Waals surface area (Å²) in [5.74, 6) is -0.231. The van der Waals surface area contributed by atoms with Gasteiger partial charge in [-0.1, -0.05) is 60.7 Å². The van der Waals surface area contributed by atoms with Crippen molar-refractivity contribution in [2.24, 2.45) is 0 Å². The number of hydrogen-bond acceptors (Lipinski definition) is 5. The van der Waals surface area contributed by atoms with Crippen molar-refractivity contribution >= 4 is 28.9 Å². The average molecular weight is 516 g/mol. The summed E-state index contributed by atoms with van der Waals surface area (Å²) >= 11 is 0. The van der Waals surface area contributed by atoms with Crippen molar-refractivity contribution in [1.29, 1.82) is 0 Å². The van der Waals surface area contributed by atoms with Gasteiger partial charge in [-0.2, -0.15) is 0 Å². The SMILES string of the molecule is CCOC(=O)/C=C/c1ccc(C2CCN(C(=O)OC(C)(C)C)CC2OCc2ccc3ccccc3c2)cc1. The fourth-order valence-electron chi connectivity index (χ4n) is 4.70. The Labute approximate surface area is 225 Å². The summed E-state index contributed by atoms with van der Waals surface area (Å²) in [7, 11) is 0. The molecule has 0 aliphatic carbocycles. The van der Waals surface area contributed by atoms with E-state index in [9.17, 15) is 9.59 Å². The molecule has 1 fully saturated rings. The Balaban J connectivity index is 1.50. The highest BCUT2D eigenvalue weighted by atomic mass is 16.6. The molecule has 1 saturated heterocycles. The smallest absolute Gasteiger partial charge is 0.410 e. The van der Waals surface area contributed by atoms with Crippen LogP contribution in [0.2, 0.25) is 0 Å². The Hall–Kier alpha value is -3.64. The Morgan fingerprint density at radius 1 is 1.00 bits per heavy atom. The minimum absolute atomic E-state index is 0.122. The number of rotatable bonds is 7. The Kier molecular flexibility index (Phi) is 8.85. The van der Waals surface area contributed by atoms with Crippen LogP contribution in [0.25, 0.3) is 16.8 Å². The van der Waals surface area contributed by atoms with Gasteiger partial charge in [-0.05, 0) is 73.7 Å². The van der Waals surface area contributed by atoms with Crippen molar-refractivity contribution in [3.8, 4) is 0 Å². The van der Waals surface area contributed by atoms with Gasteiger partial charge in [-0.25, -0.2) is 9.59 Å². The summed E-state index contributed by atoms with van der Waals surface area (Å²) in [5, 5.41) is 2.37. The van der Waals surface area contributed by atoms with Crippen LogP contribution in [-0.4, -0.2) is 48.4 Å². The number of amides is 1. The van der Waals surface area contributed by atoms with Crippen molar-refractivity contribution in [1.82, 2.24) is 4.90 Å². The van der Waals surface area contributed by atoms with Gasteiger partial charge in [0.1, 0.15) is 5.60 Å². The average Bonchev–Trinajstić information content (AvgIpc) is 2.90. The Morgan fingerprint density at radius 2 is 1.74 bits per heavy atom. The van der Waals surface area contributed by atoms with Crippen LogP contribution < -0.4 is 0 Å². The molecular formula is C32H37NO5. The van der Waals surface area contributed by atoms with Gasteiger partial charge >= 0.3 is 12.1 Å². The zero-order valence-corrected chi connectivity index (χ0v) is 22.7. The number of carbonyl (C=O) groups excluding carboxylic acids is 2. The van der Waals surface area contributed by atoms with E-state index in [2.05, 4.69) is 42.5 Å². The maximum atomic E-state index is 12.8. The number of likely N-dealkylation sites (tertiary alicyclic amines) is 1. The number of fused-ring (bicyclic) bond motifs is 1. The minimum Gasteiger partial charge on any atom is -0.463 e. The van der Waals surface area contributed by atoms with Crippen molar-refractivity contribution < 1.29 is 23.8 Å². The van der Waals surface area contributed by atoms with E-state index in [4.69, 9.17) is 14.2 Å². The predicted octanol–water partition coefficient (Wildman–Crippen LogP) is 6.73. The molecule has 6 nitrogen and oxygen atoms in total. The van der Waals surface area contributed by atoms with Crippen LogP contribution in [0.1, 0.15) is 56.7 Å². The molecule has 2 atom stereocenters. The molecular weight excluding hydrogens is 478 g/mol. The molecule has 6 heteroatoms. The second kappa shape index (κ2) is 12.3. The van der Waals surface area contributed by atoms with Gasteiger partial charge < -0.3 is 19.1 Å². The van der Waals surface area contributed by atoms with Crippen LogP contribution in [0.15, 0.2) is 72.8 Å². The molecule has 1 aliphatic heterocycles. The summed E-state index contributed by atoms with van der Waals surface area (Å²) in [6, 6.07) is 22.8. The van der Waals surface area contributed by atoms with Crippen molar-refractivity contribution in [2.45, 2.75) is 58.3 Å². The molecule has 0 spiro atoms. The number of ether oxygens (including phenoxy) is 3. The first kappa shape index (κ1) is 27.4. The van der Waals surface area contributed by atoms with Crippen LogP contribution in [-0.2, 0) is 25.6 Å². The molecule has 4 rings (SSSR count). The summed E-state index contributed by atoms with van der Waals surface area (Å²) in [6.07, 6.45) is 3.45. The molecule has 2 unspecified atom stereocenters. The third-order valence-electron chi connectivity index (χ3n) is 6.55. The first-order valence-electron chi connectivity index (χ1n) is 13.2. The standard InChI is InChI=1S/C32H37NO5/c1-5-36-30(34)17-13-23-10-15-26(16-11-23)28-18-19-33(31(35)38-32(2,3)4)21-29(28)37-22-24-12-14-25-8-6-7-9-27(25)20-24/h6-17,20,28-29H,5,18-19,21-22H2,1-4H3/b17-13+. The molecule has 1 amide bonds. The number of nitrogens with zero attached hydrogens (tertiary/aromatic N) is 1.